The fraction of sp³-hybridized carbons (Fsp3) is 0.0571. The van der Waals surface area contributed by atoms with Crippen LogP contribution in [0.3, 0.4) is 0 Å². The lowest BCUT2D eigenvalue weighted by Gasteiger charge is -2.33. The maximum absolute atomic E-state index is 2.48. The Balaban J connectivity index is 0.905. The highest BCUT2D eigenvalue weighted by Gasteiger charge is 2.46. The van der Waals surface area contributed by atoms with Crippen LogP contribution in [0.1, 0.15) is 47.2 Å². The third-order valence-electron chi connectivity index (χ3n) is 15.9. The molecule has 0 aliphatic heterocycles. The summed E-state index contributed by atoms with van der Waals surface area (Å²) in [5.74, 6) is 0. The van der Waals surface area contributed by atoms with Crippen molar-refractivity contribution in [2.45, 2.75) is 24.7 Å². The van der Waals surface area contributed by atoms with E-state index < -0.39 is 5.41 Å². The average molecular weight is 919 g/mol. The fourth-order valence-electron chi connectivity index (χ4n) is 12.6. The van der Waals surface area contributed by atoms with Crippen LogP contribution in [0, 0.1) is 0 Å². The van der Waals surface area contributed by atoms with E-state index in [1.54, 1.807) is 0 Å². The highest BCUT2D eigenvalue weighted by Crippen LogP contribution is 2.57. The van der Waals surface area contributed by atoms with E-state index in [1.807, 2.05) is 0 Å². The van der Waals surface area contributed by atoms with Gasteiger partial charge in [-0.1, -0.05) is 220 Å². The van der Waals surface area contributed by atoms with Crippen molar-refractivity contribution in [2.75, 3.05) is 4.90 Å². The van der Waals surface area contributed by atoms with Crippen LogP contribution in [0.15, 0.2) is 267 Å². The van der Waals surface area contributed by atoms with Crippen LogP contribution in [0.2, 0.25) is 0 Å². The molecule has 2 nitrogen and oxygen atoms in total. The monoisotopic (exact) mass is 918 g/mol. The molecule has 14 rings (SSSR count). The summed E-state index contributed by atoms with van der Waals surface area (Å²) in [5, 5.41) is 2.48. The van der Waals surface area contributed by atoms with Gasteiger partial charge in [-0.2, -0.15) is 0 Å². The molecule has 1 aromatic heterocycles. The first kappa shape index (κ1) is 41.9. The summed E-state index contributed by atoms with van der Waals surface area (Å²) in [6.45, 7) is 4.69. The third-order valence-corrected chi connectivity index (χ3v) is 15.9. The smallest absolute Gasteiger partial charge is 0.0713 e. The van der Waals surface area contributed by atoms with Crippen LogP contribution >= 0.6 is 0 Å². The van der Waals surface area contributed by atoms with Crippen LogP contribution in [0.4, 0.5) is 17.1 Å². The summed E-state index contributed by atoms with van der Waals surface area (Å²) in [7, 11) is 0. The highest BCUT2D eigenvalue weighted by atomic mass is 15.1. The molecule has 0 atom stereocenters. The van der Waals surface area contributed by atoms with Crippen molar-refractivity contribution in [3.8, 4) is 50.2 Å². The Morgan fingerprint density at radius 2 is 0.861 bits per heavy atom. The van der Waals surface area contributed by atoms with Gasteiger partial charge in [0.1, 0.15) is 0 Å². The molecule has 2 heteroatoms. The van der Waals surface area contributed by atoms with Gasteiger partial charge in [0.2, 0.25) is 0 Å². The first-order valence-electron chi connectivity index (χ1n) is 25.2. The lowest BCUT2D eigenvalue weighted by molar-refractivity contribution is 0.660. The predicted octanol–water partition coefficient (Wildman–Crippen LogP) is 18.3. The van der Waals surface area contributed by atoms with Gasteiger partial charge in [-0.3, -0.25) is 0 Å². The molecule has 0 saturated carbocycles. The zero-order valence-electron chi connectivity index (χ0n) is 40.3. The Morgan fingerprint density at radius 1 is 0.319 bits per heavy atom. The first-order valence-corrected chi connectivity index (χ1v) is 25.2. The first-order chi connectivity index (χ1) is 35.5. The van der Waals surface area contributed by atoms with E-state index in [0.29, 0.717) is 0 Å². The van der Waals surface area contributed by atoms with E-state index in [9.17, 15) is 0 Å². The Labute approximate surface area is 421 Å². The van der Waals surface area contributed by atoms with Crippen LogP contribution < -0.4 is 4.90 Å². The molecule has 0 fully saturated rings. The summed E-state index contributed by atoms with van der Waals surface area (Å²) >= 11 is 0. The SMILES string of the molecule is CC1(C)c2ccccc2-c2cc(N(c3ccccc3)c3ccccc3-c3cccc(-c4ccc5c6ccccc6n(-c6ccc7c(c6)-c6ccccc6C7(c6ccccc6)c6ccccc6)c5c4)c3)ccc21. The minimum atomic E-state index is -0.451. The van der Waals surface area contributed by atoms with E-state index in [0.717, 1.165) is 28.3 Å². The molecule has 0 amide bonds. The Kier molecular flexibility index (Phi) is 9.50. The molecule has 72 heavy (non-hydrogen) atoms. The molecular formula is C70H50N2. The van der Waals surface area contributed by atoms with Gasteiger partial charge in [0.05, 0.1) is 22.1 Å². The van der Waals surface area contributed by atoms with E-state index in [-0.39, 0.29) is 5.41 Å². The minimum Gasteiger partial charge on any atom is -0.310 e. The maximum atomic E-state index is 2.48. The predicted molar refractivity (Wildman–Crippen MR) is 301 cm³/mol. The molecule has 0 radical (unpaired) electrons. The topological polar surface area (TPSA) is 8.17 Å². The summed E-state index contributed by atoms with van der Waals surface area (Å²) in [4.78, 5) is 2.43. The second-order valence-electron chi connectivity index (χ2n) is 20.0. The Bertz CT molecular complexity index is 4030. The molecule has 0 N–H and O–H groups in total. The second-order valence-corrected chi connectivity index (χ2v) is 20.0. The van der Waals surface area contributed by atoms with Crippen molar-refractivity contribution in [3.05, 3.63) is 300 Å². The van der Waals surface area contributed by atoms with Crippen molar-refractivity contribution >= 4 is 38.9 Å². The van der Waals surface area contributed by atoms with Gasteiger partial charge in [-0.15, -0.1) is 0 Å². The van der Waals surface area contributed by atoms with E-state index >= 15 is 0 Å². The molecule has 1 heterocycles. The molecule has 2 aliphatic carbocycles. The quantitative estimate of drug-likeness (QED) is 0.147. The van der Waals surface area contributed by atoms with Crippen molar-refractivity contribution in [1.29, 1.82) is 0 Å². The lowest BCUT2D eigenvalue weighted by Crippen LogP contribution is -2.28. The summed E-state index contributed by atoms with van der Waals surface area (Å²) < 4.78 is 2.48. The van der Waals surface area contributed by atoms with Crippen LogP contribution in [-0.4, -0.2) is 4.57 Å². The largest absolute Gasteiger partial charge is 0.310 e. The van der Waals surface area contributed by atoms with Gasteiger partial charge in [-0.05, 0) is 133 Å². The van der Waals surface area contributed by atoms with Crippen molar-refractivity contribution in [1.82, 2.24) is 4.57 Å². The van der Waals surface area contributed by atoms with E-state index in [1.165, 1.54) is 94.1 Å². The highest BCUT2D eigenvalue weighted by molar-refractivity contribution is 6.10. The number of para-hydroxylation sites is 3. The van der Waals surface area contributed by atoms with Crippen LogP contribution in [-0.2, 0) is 10.8 Å². The molecule has 12 aromatic rings. The molecule has 2 aliphatic rings. The number of hydrogen-bond donors (Lipinski definition) is 0. The number of benzene rings is 11. The zero-order chi connectivity index (χ0) is 48.0. The number of nitrogens with zero attached hydrogens (tertiary/aromatic N) is 2. The Hall–Kier alpha value is -8.98. The van der Waals surface area contributed by atoms with E-state index in [4.69, 9.17) is 0 Å². The van der Waals surface area contributed by atoms with Crippen molar-refractivity contribution in [3.63, 3.8) is 0 Å². The van der Waals surface area contributed by atoms with Gasteiger partial charge < -0.3 is 9.47 Å². The number of rotatable bonds is 8. The van der Waals surface area contributed by atoms with Gasteiger partial charge in [0.25, 0.3) is 0 Å². The average Bonchev–Trinajstić information content (AvgIpc) is 4.02. The molecule has 0 unspecified atom stereocenters. The summed E-state index contributed by atoms with van der Waals surface area (Å²) in [6, 6.07) is 99.0. The van der Waals surface area contributed by atoms with Gasteiger partial charge in [-0.25, -0.2) is 0 Å². The molecular weight excluding hydrogens is 869 g/mol. The van der Waals surface area contributed by atoms with Gasteiger partial charge in [0, 0.05) is 38.8 Å². The Morgan fingerprint density at radius 3 is 1.62 bits per heavy atom. The van der Waals surface area contributed by atoms with Crippen LogP contribution in [0.5, 0.6) is 0 Å². The van der Waals surface area contributed by atoms with Gasteiger partial charge >= 0.3 is 0 Å². The molecule has 0 spiro atoms. The lowest BCUT2D eigenvalue weighted by atomic mass is 9.68. The molecule has 0 saturated heterocycles. The number of hydrogen-bond acceptors (Lipinski definition) is 1. The van der Waals surface area contributed by atoms with Crippen molar-refractivity contribution < 1.29 is 0 Å². The molecule has 0 bridgehead atoms. The number of aromatic nitrogens is 1. The molecule has 11 aromatic carbocycles. The normalized spacial score (nSPS) is 13.6. The summed E-state index contributed by atoms with van der Waals surface area (Å²) in [6.07, 6.45) is 0. The van der Waals surface area contributed by atoms with Gasteiger partial charge in [0.15, 0.2) is 0 Å². The number of anilines is 3. The second kappa shape index (κ2) is 16.3. The van der Waals surface area contributed by atoms with Crippen LogP contribution in [0.25, 0.3) is 72.0 Å². The standard InChI is InChI=1S/C70H50N2/c1-69(2)62-33-16-12-30-56(62)60-45-53(38-41-63(60)69)71(52-27-10-5-11-28-52)66-35-18-14-29-55(66)49-22-20-21-47(43-49)48-37-40-59-58-32-15-19-36-67(58)72(68(59)44-48)54-39-42-65-61(46-54)57-31-13-17-34-64(57)70(65,50-23-6-3-7-24-50)51-25-8-4-9-26-51/h3-46H,1-2H3. The summed E-state index contributed by atoms with van der Waals surface area (Å²) in [5.41, 5.74) is 24.1. The maximum Gasteiger partial charge on any atom is 0.0713 e. The third kappa shape index (κ3) is 6.22. The number of fused-ring (bicyclic) bond motifs is 9. The minimum absolute atomic E-state index is 0.0662. The fourth-order valence-corrected chi connectivity index (χ4v) is 12.6. The molecule has 340 valence electrons. The van der Waals surface area contributed by atoms with E-state index in [2.05, 4.69) is 290 Å². The van der Waals surface area contributed by atoms with Crippen molar-refractivity contribution in [2.24, 2.45) is 0 Å². The zero-order valence-corrected chi connectivity index (χ0v) is 40.3.